The highest BCUT2D eigenvalue weighted by Crippen LogP contribution is 2.20. The van der Waals surface area contributed by atoms with E-state index in [4.69, 9.17) is 10.5 Å². The van der Waals surface area contributed by atoms with Crippen LogP contribution in [-0.4, -0.2) is 28.2 Å². The number of halogens is 1. The smallest absolute Gasteiger partial charge is 0.262 e. The van der Waals surface area contributed by atoms with Crippen LogP contribution in [0, 0.1) is 19.7 Å². The van der Waals surface area contributed by atoms with Gasteiger partial charge in [0.25, 0.3) is 5.91 Å². The highest BCUT2D eigenvalue weighted by Gasteiger charge is 2.12. The number of ether oxygens (including phenoxy) is 1. The van der Waals surface area contributed by atoms with E-state index in [0.717, 1.165) is 11.4 Å². The van der Waals surface area contributed by atoms with Crippen LogP contribution in [0.2, 0.25) is 0 Å². The number of benzene rings is 2. The first-order chi connectivity index (χ1) is 13.3. The molecule has 0 aliphatic carbocycles. The van der Waals surface area contributed by atoms with E-state index in [-0.39, 0.29) is 12.2 Å². The molecule has 8 heteroatoms. The summed E-state index contributed by atoms with van der Waals surface area (Å²) in [6.45, 7) is 3.36. The molecule has 0 unspecified atom stereocenters. The number of anilines is 1. The highest BCUT2D eigenvalue weighted by molar-refractivity contribution is 5.93. The summed E-state index contributed by atoms with van der Waals surface area (Å²) >= 11 is 0. The molecule has 7 nitrogen and oxygen atoms in total. The van der Waals surface area contributed by atoms with Gasteiger partial charge in [0.05, 0.1) is 5.69 Å². The van der Waals surface area contributed by atoms with Crippen molar-refractivity contribution in [2.24, 2.45) is 5.73 Å². The van der Waals surface area contributed by atoms with Gasteiger partial charge in [-0.3, -0.25) is 9.59 Å². The Hall–Kier alpha value is -3.68. The van der Waals surface area contributed by atoms with Crippen LogP contribution in [0.4, 0.5) is 10.1 Å². The Kier molecular flexibility index (Phi) is 5.39. The molecule has 1 aromatic heterocycles. The van der Waals surface area contributed by atoms with Gasteiger partial charge in [0.2, 0.25) is 5.91 Å². The van der Waals surface area contributed by atoms with Crippen molar-refractivity contribution in [2.75, 3.05) is 11.9 Å². The minimum absolute atomic E-state index is 0.278. The van der Waals surface area contributed by atoms with Gasteiger partial charge in [-0.1, -0.05) is 6.07 Å². The van der Waals surface area contributed by atoms with Gasteiger partial charge >= 0.3 is 0 Å². The molecule has 2 amide bonds. The van der Waals surface area contributed by atoms with Crippen LogP contribution < -0.4 is 15.8 Å². The number of nitrogens with two attached hydrogens (primary N) is 1. The number of carbonyl (C=O) groups is 2. The molecule has 3 rings (SSSR count). The van der Waals surface area contributed by atoms with Crippen molar-refractivity contribution in [3.05, 3.63) is 71.3 Å². The molecular weight excluding hydrogens is 363 g/mol. The lowest BCUT2D eigenvalue weighted by Gasteiger charge is -2.10. The average Bonchev–Trinajstić information content (AvgIpc) is 2.98. The number of aromatic nitrogens is 2. The summed E-state index contributed by atoms with van der Waals surface area (Å²) in [5.41, 5.74) is 7.66. The van der Waals surface area contributed by atoms with Crippen LogP contribution in [0.15, 0.2) is 48.5 Å². The minimum atomic E-state index is -0.590. The summed E-state index contributed by atoms with van der Waals surface area (Å²) in [6, 6.07) is 12.4. The van der Waals surface area contributed by atoms with Gasteiger partial charge in [-0.2, -0.15) is 5.10 Å². The molecule has 144 valence electrons. The first kappa shape index (κ1) is 19.1. The number of primary amides is 1. The van der Waals surface area contributed by atoms with E-state index in [1.54, 1.807) is 30.3 Å². The fourth-order valence-electron chi connectivity index (χ4n) is 2.71. The molecule has 1 heterocycles. The number of amides is 2. The van der Waals surface area contributed by atoms with E-state index in [0.29, 0.717) is 17.1 Å². The molecule has 3 aromatic rings. The number of nitrogens with one attached hydrogen (secondary N) is 1. The second kappa shape index (κ2) is 7.91. The number of hydrogen-bond donors (Lipinski definition) is 2. The third kappa shape index (κ3) is 4.35. The van der Waals surface area contributed by atoms with Crippen LogP contribution in [0.3, 0.4) is 0 Å². The topological polar surface area (TPSA) is 99.2 Å². The van der Waals surface area contributed by atoms with Gasteiger partial charge in [0.15, 0.2) is 12.4 Å². The lowest BCUT2D eigenvalue weighted by atomic mass is 10.2. The zero-order valence-corrected chi connectivity index (χ0v) is 15.4. The highest BCUT2D eigenvalue weighted by atomic mass is 19.1. The number of carbonyl (C=O) groups excluding carboxylic acids is 2. The number of aryl methyl sites for hydroxylation is 2. The molecule has 0 bridgehead atoms. The molecule has 0 saturated heterocycles. The van der Waals surface area contributed by atoms with Gasteiger partial charge in [-0.15, -0.1) is 0 Å². The first-order valence-electron chi connectivity index (χ1n) is 8.49. The third-order valence-corrected chi connectivity index (χ3v) is 3.96. The molecule has 0 saturated carbocycles. The van der Waals surface area contributed by atoms with Crippen LogP contribution in [-0.2, 0) is 4.79 Å². The zero-order chi connectivity index (χ0) is 20.3. The summed E-state index contributed by atoms with van der Waals surface area (Å²) < 4.78 is 21.3. The fourth-order valence-corrected chi connectivity index (χ4v) is 2.71. The molecule has 3 N–H and O–H groups in total. The molecule has 0 radical (unpaired) electrons. The Morgan fingerprint density at radius 1 is 1.18 bits per heavy atom. The van der Waals surface area contributed by atoms with E-state index in [2.05, 4.69) is 10.4 Å². The third-order valence-electron chi connectivity index (χ3n) is 3.96. The van der Waals surface area contributed by atoms with Crippen LogP contribution in [0.25, 0.3) is 5.69 Å². The Bertz CT molecular complexity index is 1050. The number of rotatable bonds is 6. The lowest BCUT2D eigenvalue weighted by molar-refractivity contribution is -0.118. The molecule has 0 aliphatic heterocycles. The second-order valence-corrected chi connectivity index (χ2v) is 6.23. The van der Waals surface area contributed by atoms with Crippen LogP contribution in [0.5, 0.6) is 5.75 Å². The first-order valence-corrected chi connectivity index (χ1v) is 8.49. The van der Waals surface area contributed by atoms with Crippen molar-refractivity contribution in [3.8, 4) is 11.4 Å². The molecule has 0 spiro atoms. The van der Waals surface area contributed by atoms with Crippen LogP contribution >= 0.6 is 0 Å². The normalized spacial score (nSPS) is 10.5. The summed E-state index contributed by atoms with van der Waals surface area (Å²) in [6.07, 6.45) is 0. The molecule has 2 aromatic carbocycles. The van der Waals surface area contributed by atoms with Crippen molar-refractivity contribution < 1.29 is 18.7 Å². The summed E-state index contributed by atoms with van der Waals surface area (Å²) in [5.74, 6) is -1.24. The maximum atomic E-state index is 14.5. The largest absolute Gasteiger partial charge is 0.484 e. The summed E-state index contributed by atoms with van der Waals surface area (Å²) in [4.78, 5) is 23.2. The van der Waals surface area contributed by atoms with Crippen molar-refractivity contribution in [3.63, 3.8) is 0 Å². The maximum Gasteiger partial charge on any atom is 0.262 e. The average molecular weight is 382 g/mol. The van der Waals surface area contributed by atoms with E-state index < -0.39 is 17.6 Å². The lowest BCUT2D eigenvalue weighted by Crippen LogP contribution is -2.20. The predicted octanol–water partition coefficient (Wildman–Crippen LogP) is 2.74. The SMILES string of the molecule is Cc1cc(C)n(-c2ccc(NC(=O)COc3cccc(C(N)=O)c3)cc2F)n1. The monoisotopic (exact) mass is 382 g/mol. The second-order valence-electron chi connectivity index (χ2n) is 6.23. The molecule has 0 atom stereocenters. The van der Waals surface area contributed by atoms with E-state index >= 15 is 0 Å². The Labute approximate surface area is 160 Å². The molecule has 28 heavy (non-hydrogen) atoms. The number of nitrogens with zero attached hydrogens (tertiary/aromatic N) is 2. The van der Waals surface area contributed by atoms with Crippen LogP contribution in [0.1, 0.15) is 21.7 Å². The predicted molar refractivity (Wildman–Crippen MR) is 102 cm³/mol. The van der Waals surface area contributed by atoms with E-state index in [1.807, 2.05) is 19.9 Å². The fraction of sp³-hybridized carbons (Fsp3) is 0.150. The molecule has 0 fully saturated rings. The summed E-state index contributed by atoms with van der Waals surface area (Å²) in [7, 11) is 0. The Balaban J connectivity index is 1.64. The van der Waals surface area contributed by atoms with Crippen molar-refractivity contribution in [2.45, 2.75) is 13.8 Å². The van der Waals surface area contributed by atoms with Gasteiger partial charge in [0.1, 0.15) is 11.4 Å². The van der Waals surface area contributed by atoms with Crippen molar-refractivity contribution >= 4 is 17.5 Å². The minimum Gasteiger partial charge on any atom is -0.484 e. The Morgan fingerprint density at radius 3 is 2.61 bits per heavy atom. The van der Waals surface area contributed by atoms with E-state index in [9.17, 15) is 14.0 Å². The Morgan fingerprint density at radius 2 is 1.96 bits per heavy atom. The molecular formula is C20H19FN4O3. The number of hydrogen-bond acceptors (Lipinski definition) is 4. The zero-order valence-electron chi connectivity index (χ0n) is 15.4. The maximum absolute atomic E-state index is 14.5. The summed E-state index contributed by atoms with van der Waals surface area (Å²) in [5, 5.41) is 6.81. The van der Waals surface area contributed by atoms with E-state index in [1.165, 1.54) is 16.8 Å². The van der Waals surface area contributed by atoms with Gasteiger partial charge in [-0.25, -0.2) is 9.07 Å². The van der Waals surface area contributed by atoms with Gasteiger partial charge in [-0.05, 0) is 56.3 Å². The standard InChI is InChI=1S/C20H19FN4O3/c1-12-8-13(2)25(24-12)18-7-6-15(10-17(18)21)23-19(26)11-28-16-5-3-4-14(9-16)20(22)27/h3-10H,11H2,1-2H3,(H2,22,27)(H,23,26). The van der Waals surface area contributed by atoms with Gasteiger partial charge < -0.3 is 15.8 Å². The quantitative estimate of drug-likeness (QED) is 0.685. The van der Waals surface area contributed by atoms with Crippen molar-refractivity contribution in [1.29, 1.82) is 0 Å². The van der Waals surface area contributed by atoms with Gasteiger partial charge in [0, 0.05) is 16.9 Å². The molecule has 0 aliphatic rings. The van der Waals surface area contributed by atoms with Crippen molar-refractivity contribution in [1.82, 2.24) is 9.78 Å².